The molecule has 7 nitrogen and oxygen atoms in total. The van der Waals surface area contributed by atoms with Gasteiger partial charge in [0, 0.05) is 5.56 Å². The first kappa shape index (κ1) is 20.2. The summed E-state index contributed by atoms with van der Waals surface area (Å²) in [4.78, 5) is 17.1. The van der Waals surface area contributed by atoms with Crippen LogP contribution in [0.1, 0.15) is 21.8 Å². The van der Waals surface area contributed by atoms with E-state index in [-0.39, 0.29) is 12.5 Å². The number of hydrogen-bond donors (Lipinski definition) is 1. The van der Waals surface area contributed by atoms with Gasteiger partial charge in [-0.15, -0.1) is 0 Å². The molecule has 0 bridgehead atoms. The quantitative estimate of drug-likeness (QED) is 0.463. The zero-order valence-corrected chi connectivity index (χ0v) is 16.9. The van der Waals surface area contributed by atoms with Crippen LogP contribution in [0.5, 0.6) is 11.5 Å². The molecule has 1 amide bonds. The van der Waals surface area contributed by atoms with Crippen molar-refractivity contribution in [2.75, 3.05) is 7.11 Å². The molecule has 0 unspecified atom stereocenters. The van der Waals surface area contributed by atoms with Crippen LogP contribution in [0.15, 0.2) is 83.4 Å². The van der Waals surface area contributed by atoms with Crippen LogP contribution in [0.4, 0.5) is 0 Å². The standard InChI is InChI=1S/C24H21N3O4/c1-29-19-11-7-10-18(14-19)23-26-22(31-27-23)15-25-24(28)20-12-5-6-13-21(20)30-16-17-8-3-2-4-9-17/h2-14H,15-16H2,1H3,(H,25,28). The molecule has 3 aromatic carbocycles. The second-order valence-corrected chi connectivity index (χ2v) is 6.70. The van der Waals surface area contributed by atoms with Crippen molar-refractivity contribution in [1.82, 2.24) is 15.5 Å². The third-order valence-corrected chi connectivity index (χ3v) is 4.57. The minimum absolute atomic E-state index is 0.100. The molecule has 0 fully saturated rings. The molecular formula is C24H21N3O4. The van der Waals surface area contributed by atoms with E-state index in [1.54, 1.807) is 25.3 Å². The van der Waals surface area contributed by atoms with Crippen LogP contribution in [-0.4, -0.2) is 23.2 Å². The topological polar surface area (TPSA) is 86.5 Å². The van der Waals surface area contributed by atoms with Gasteiger partial charge in [0.25, 0.3) is 5.91 Å². The Hall–Kier alpha value is -4.13. The molecule has 0 radical (unpaired) electrons. The summed E-state index contributed by atoms with van der Waals surface area (Å²) in [5.41, 5.74) is 2.22. The number of carbonyl (C=O) groups excluding carboxylic acids is 1. The predicted octanol–water partition coefficient (Wildman–Crippen LogP) is 4.25. The largest absolute Gasteiger partial charge is 0.497 e. The maximum absolute atomic E-state index is 12.7. The van der Waals surface area contributed by atoms with Gasteiger partial charge < -0.3 is 19.3 Å². The van der Waals surface area contributed by atoms with Gasteiger partial charge >= 0.3 is 0 Å². The number of benzene rings is 3. The average molecular weight is 415 g/mol. The van der Waals surface area contributed by atoms with Gasteiger partial charge in [0.1, 0.15) is 18.1 Å². The van der Waals surface area contributed by atoms with Gasteiger partial charge in [0.2, 0.25) is 11.7 Å². The van der Waals surface area contributed by atoms with Gasteiger partial charge in [0.15, 0.2) is 0 Å². The van der Waals surface area contributed by atoms with Gasteiger partial charge in [-0.05, 0) is 29.8 Å². The summed E-state index contributed by atoms with van der Waals surface area (Å²) in [6.07, 6.45) is 0. The van der Waals surface area contributed by atoms with E-state index in [9.17, 15) is 4.79 Å². The molecule has 4 aromatic rings. The molecule has 7 heteroatoms. The molecule has 1 N–H and O–H groups in total. The van der Waals surface area contributed by atoms with Gasteiger partial charge in [-0.3, -0.25) is 4.79 Å². The second-order valence-electron chi connectivity index (χ2n) is 6.70. The van der Waals surface area contributed by atoms with Crippen molar-refractivity contribution >= 4 is 5.91 Å². The Balaban J connectivity index is 1.40. The normalized spacial score (nSPS) is 10.5. The van der Waals surface area contributed by atoms with Crippen LogP contribution in [0.3, 0.4) is 0 Å². The molecule has 0 atom stereocenters. The summed E-state index contributed by atoms with van der Waals surface area (Å²) >= 11 is 0. The molecule has 1 heterocycles. The maximum atomic E-state index is 12.7. The van der Waals surface area contributed by atoms with Crippen LogP contribution < -0.4 is 14.8 Å². The number of hydrogen-bond acceptors (Lipinski definition) is 6. The molecular weight excluding hydrogens is 394 g/mol. The Kier molecular flexibility index (Phi) is 6.23. The number of carbonyl (C=O) groups is 1. The van der Waals surface area contributed by atoms with E-state index in [1.165, 1.54) is 0 Å². The minimum Gasteiger partial charge on any atom is -0.497 e. The molecule has 4 rings (SSSR count). The predicted molar refractivity (Wildman–Crippen MR) is 115 cm³/mol. The lowest BCUT2D eigenvalue weighted by Crippen LogP contribution is -2.23. The van der Waals surface area contributed by atoms with Gasteiger partial charge in [-0.2, -0.15) is 4.98 Å². The summed E-state index contributed by atoms with van der Waals surface area (Å²) < 4.78 is 16.3. The number of nitrogens with zero attached hydrogens (tertiary/aromatic N) is 2. The fourth-order valence-electron chi connectivity index (χ4n) is 2.97. The average Bonchev–Trinajstić information content (AvgIpc) is 3.31. The molecule has 0 aliphatic rings. The lowest BCUT2D eigenvalue weighted by Gasteiger charge is -2.11. The van der Waals surface area contributed by atoms with E-state index < -0.39 is 0 Å². The third kappa shape index (κ3) is 5.08. The first-order valence-corrected chi connectivity index (χ1v) is 9.74. The van der Waals surface area contributed by atoms with E-state index in [1.807, 2.05) is 60.7 Å². The van der Waals surface area contributed by atoms with E-state index in [0.717, 1.165) is 11.1 Å². The molecule has 0 saturated heterocycles. The summed E-state index contributed by atoms with van der Waals surface area (Å²) in [7, 11) is 1.59. The van der Waals surface area contributed by atoms with Gasteiger partial charge in [0.05, 0.1) is 19.2 Å². The Bertz CT molecular complexity index is 1160. The van der Waals surface area contributed by atoms with E-state index in [0.29, 0.717) is 35.4 Å². The molecule has 0 spiro atoms. The summed E-state index contributed by atoms with van der Waals surface area (Å²) in [5.74, 6) is 1.64. The fraction of sp³-hybridized carbons (Fsp3) is 0.125. The smallest absolute Gasteiger partial charge is 0.255 e. The highest BCUT2D eigenvalue weighted by atomic mass is 16.5. The second kappa shape index (κ2) is 9.58. The molecule has 0 aliphatic heterocycles. The zero-order valence-electron chi connectivity index (χ0n) is 16.9. The zero-order chi connectivity index (χ0) is 21.5. The van der Waals surface area contributed by atoms with Crippen molar-refractivity contribution in [1.29, 1.82) is 0 Å². The number of rotatable bonds is 8. The van der Waals surface area contributed by atoms with Crippen LogP contribution in [0.2, 0.25) is 0 Å². The van der Waals surface area contributed by atoms with Crippen LogP contribution in [-0.2, 0) is 13.2 Å². The van der Waals surface area contributed by atoms with E-state index in [4.69, 9.17) is 14.0 Å². The van der Waals surface area contributed by atoms with Gasteiger partial charge in [-0.25, -0.2) is 0 Å². The van der Waals surface area contributed by atoms with Crippen molar-refractivity contribution in [3.05, 3.63) is 95.9 Å². The third-order valence-electron chi connectivity index (χ3n) is 4.57. The van der Waals surface area contributed by atoms with Gasteiger partial charge in [-0.1, -0.05) is 59.8 Å². The number of methoxy groups -OCH3 is 1. The molecule has 1 aromatic heterocycles. The Morgan fingerprint density at radius 2 is 1.81 bits per heavy atom. The maximum Gasteiger partial charge on any atom is 0.255 e. The van der Waals surface area contributed by atoms with Crippen molar-refractivity contribution in [2.24, 2.45) is 0 Å². The summed E-state index contributed by atoms with van der Waals surface area (Å²) in [6.45, 7) is 0.474. The molecule has 156 valence electrons. The number of nitrogens with one attached hydrogen (secondary N) is 1. The molecule has 0 aliphatic carbocycles. The summed E-state index contributed by atoms with van der Waals surface area (Å²) in [6, 6.07) is 24.2. The van der Waals surface area contributed by atoms with Crippen LogP contribution >= 0.6 is 0 Å². The Morgan fingerprint density at radius 3 is 2.65 bits per heavy atom. The highest BCUT2D eigenvalue weighted by molar-refractivity contribution is 5.96. The first-order chi connectivity index (χ1) is 15.2. The molecule has 31 heavy (non-hydrogen) atoms. The fourth-order valence-corrected chi connectivity index (χ4v) is 2.97. The highest BCUT2D eigenvalue weighted by Crippen LogP contribution is 2.22. The minimum atomic E-state index is -0.287. The van der Waals surface area contributed by atoms with E-state index >= 15 is 0 Å². The highest BCUT2D eigenvalue weighted by Gasteiger charge is 2.15. The first-order valence-electron chi connectivity index (χ1n) is 9.74. The summed E-state index contributed by atoms with van der Waals surface area (Å²) in [5, 5.41) is 6.78. The van der Waals surface area contributed by atoms with Crippen LogP contribution in [0, 0.1) is 0 Å². The van der Waals surface area contributed by atoms with Crippen molar-refractivity contribution in [3.63, 3.8) is 0 Å². The van der Waals surface area contributed by atoms with Crippen molar-refractivity contribution in [2.45, 2.75) is 13.2 Å². The lowest BCUT2D eigenvalue weighted by atomic mass is 10.2. The Morgan fingerprint density at radius 1 is 1.00 bits per heavy atom. The number of ether oxygens (including phenoxy) is 2. The number of para-hydroxylation sites is 1. The Labute approximate surface area is 179 Å². The van der Waals surface area contributed by atoms with Crippen molar-refractivity contribution < 1.29 is 18.8 Å². The van der Waals surface area contributed by atoms with Crippen molar-refractivity contribution in [3.8, 4) is 22.9 Å². The SMILES string of the molecule is COc1cccc(-c2noc(CNC(=O)c3ccccc3OCc3ccccc3)n2)c1. The number of amides is 1. The van der Waals surface area contributed by atoms with E-state index in [2.05, 4.69) is 15.5 Å². The van der Waals surface area contributed by atoms with Crippen LogP contribution in [0.25, 0.3) is 11.4 Å². The molecule has 0 saturated carbocycles. The number of aromatic nitrogens is 2. The lowest BCUT2D eigenvalue weighted by molar-refractivity contribution is 0.0941. The monoisotopic (exact) mass is 415 g/mol.